The van der Waals surface area contributed by atoms with Crippen molar-refractivity contribution in [3.63, 3.8) is 0 Å². The molecule has 0 radical (unpaired) electrons. The summed E-state index contributed by atoms with van der Waals surface area (Å²) >= 11 is 5.02. The van der Waals surface area contributed by atoms with Gasteiger partial charge in [-0.05, 0) is 35.6 Å². The fraction of sp³-hybridized carbons (Fsp3) is 0.167. The van der Waals surface area contributed by atoms with Gasteiger partial charge >= 0.3 is 0 Å². The average Bonchev–Trinajstić information content (AvgIpc) is 2.54. The topological polar surface area (TPSA) is 20.3 Å². The van der Waals surface area contributed by atoms with E-state index in [9.17, 15) is 4.79 Å². The summed E-state index contributed by atoms with van der Waals surface area (Å²) in [4.78, 5) is 14.8. The Hall–Kier alpha value is -1.52. The van der Waals surface area contributed by atoms with Crippen LogP contribution < -0.4 is 0 Å². The zero-order valence-electron chi connectivity index (χ0n) is 12.2. The van der Waals surface area contributed by atoms with Gasteiger partial charge in [0.2, 0.25) is 5.91 Å². The lowest BCUT2D eigenvalue weighted by atomic mass is 10.1. The van der Waals surface area contributed by atoms with Crippen LogP contribution in [-0.4, -0.2) is 10.8 Å². The monoisotopic (exact) mass is 373 g/mol. The van der Waals surface area contributed by atoms with Crippen molar-refractivity contribution in [3.8, 4) is 0 Å². The summed E-state index contributed by atoms with van der Waals surface area (Å²) in [5, 5.41) is 1.91. The van der Waals surface area contributed by atoms with Gasteiger partial charge in [0.1, 0.15) is 5.25 Å². The van der Waals surface area contributed by atoms with Crippen molar-refractivity contribution >= 4 is 33.6 Å². The van der Waals surface area contributed by atoms with Crippen molar-refractivity contribution in [2.45, 2.75) is 18.7 Å². The van der Waals surface area contributed by atoms with E-state index in [0.717, 1.165) is 21.3 Å². The third-order valence-electron chi connectivity index (χ3n) is 3.65. The summed E-state index contributed by atoms with van der Waals surface area (Å²) in [5.41, 5.74) is 3.19. The van der Waals surface area contributed by atoms with Crippen LogP contribution in [0.1, 0.15) is 23.3 Å². The number of amides is 1. The molecule has 1 amide bonds. The van der Waals surface area contributed by atoms with Crippen LogP contribution in [0.25, 0.3) is 0 Å². The van der Waals surface area contributed by atoms with Crippen molar-refractivity contribution in [1.29, 1.82) is 0 Å². The second-order valence-electron chi connectivity index (χ2n) is 5.24. The summed E-state index contributed by atoms with van der Waals surface area (Å²) in [6.45, 7) is 2.61. The second-order valence-corrected chi connectivity index (χ2v) is 7.13. The minimum atomic E-state index is -0.166. The fourth-order valence-electron chi connectivity index (χ4n) is 2.43. The molecule has 0 bridgehead atoms. The van der Waals surface area contributed by atoms with Crippen LogP contribution in [0.3, 0.4) is 0 Å². The molecule has 2 aromatic carbocycles. The zero-order valence-corrected chi connectivity index (χ0v) is 14.6. The molecular formula is C18H16BrNOS. The van der Waals surface area contributed by atoms with Gasteiger partial charge in [0.15, 0.2) is 0 Å². The van der Waals surface area contributed by atoms with Gasteiger partial charge in [0.25, 0.3) is 0 Å². The molecule has 2 aromatic rings. The number of thioether (sulfide) groups is 1. The Bertz CT molecular complexity index is 697. The number of allylic oxidation sites excluding steroid dienone is 1. The SMILES string of the molecule is CC1=CS[C@H](c2ccc(Br)cc2)C(=O)N1Cc1ccccc1. The molecule has 3 rings (SSSR count). The van der Waals surface area contributed by atoms with E-state index in [1.165, 1.54) is 0 Å². The van der Waals surface area contributed by atoms with Gasteiger partial charge in [-0.2, -0.15) is 0 Å². The number of benzene rings is 2. The van der Waals surface area contributed by atoms with E-state index in [2.05, 4.69) is 33.5 Å². The number of hydrogen-bond donors (Lipinski definition) is 0. The number of hydrogen-bond acceptors (Lipinski definition) is 2. The van der Waals surface area contributed by atoms with Crippen molar-refractivity contribution < 1.29 is 4.79 Å². The summed E-state index contributed by atoms with van der Waals surface area (Å²) in [5.74, 6) is 0.149. The summed E-state index contributed by atoms with van der Waals surface area (Å²) in [6, 6.07) is 18.1. The average molecular weight is 374 g/mol. The van der Waals surface area contributed by atoms with E-state index < -0.39 is 0 Å². The van der Waals surface area contributed by atoms with Gasteiger partial charge < -0.3 is 4.90 Å². The molecule has 0 aromatic heterocycles. The van der Waals surface area contributed by atoms with Crippen molar-refractivity contribution in [2.24, 2.45) is 0 Å². The standard InChI is InChI=1S/C18H16BrNOS/c1-13-12-22-17(15-7-9-16(19)10-8-15)18(21)20(13)11-14-5-3-2-4-6-14/h2-10,12,17H,11H2,1H3/t17-/m1/s1. The predicted molar refractivity (Wildman–Crippen MR) is 95.2 cm³/mol. The first-order chi connectivity index (χ1) is 10.6. The molecule has 0 saturated heterocycles. The van der Waals surface area contributed by atoms with Crippen LogP contribution in [0.15, 0.2) is 70.2 Å². The normalized spacial score (nSPS) is 18.3. The van der Waals surface area contributed by atoms with Crippen molar-refractivity contribution in [2.75, 3.05) is 0 Å². The van der Waals surface area contributed by atoms with Crippen molar-refractivity contribution in [1.82, 2.24) is 4.90 Å². The first-order valence-electron chi connectivity index (χ1n) is 7.08. The molecule has 2 nitrogen and oxygen atoms in total. The number of rotatable bonds is 3. The van der Waals surface area contributed by atoms with Crippen LogP contribution in [-0.2, 0) is 11.3 Å². The quantitative estimate of drug-likeness (QED) is 0.743. The van der Waals surface area contributed by atoms with E-state index in [-0.39, 0.29) is 11.2 Å². The number of carbonyl (C=O) groups excluding carboxylic acids is 1. The predicted octanol–water partition coefficient (Wildman–Crippen LogP) is 5.13. The van der Waals surface area contributed by atoms with Crippen LogP contribution in [0.2, 0.25) is 0 Å². The highest BCUT2D eigenvalue weighted by Gasteiger charge is 2.30. The molecule has 1 aliphatic heterocycles. The van der Waals surface area contributed by atoms with Crippen LogP contribution in [0.4, 0.5) is 0 Å². The zero-order chi connectivity index (χ0) is 15.5. The van der Waals surface area contributed by atoms with Gasteiger partial charge in [0.05, 0.1) is 6.54 Å². The molecule has 0 N–H and O–H groups in total. The maximum absolute atomic E-state index is 12.9. The minimum Gasteiger partial charge on any atom is -0.310 e. The smallest absolute Gasteiger partial charge is 0.245 e. The Morgan fingerprint density at radius 2 is 1.77 bits per heavy atom. The van der Waals surface area contributed by atoms with Gasteiger partial charge in [-0.25, -0.2) is 0 Å². The van der Waals surface area contributed by atoms with E-state index in [4.69, 9.17) is 0 Å². The first kappa shape index (κ1) is 15.4. The molecule has 1 heterocycles. The maximum Gasteiger partial charge on any atom is 0.245 e. The lowest BCUT2D eigenvalue weighted by Crippen LogP contribution is -2.34. The molecular weight excluding hydrogens is 358 g/mol. The Balaban J connectivity index is 1.85. The summed E-state index contributed by atoms with van der Waals surface area (Å²) in [7, 11) is 0. The van der Waals surface area contributed by atoms with Crippen LogP contribution in [0, 0.1) is 0 Å². The molecule has 1 atom stereocenters. The molecule has 1 aliphatic rings. The molecule has 4 heteroatoms. The third kappa shape index (κ3) is 3.28. The van der Waals surface area contributed by atoms with E-state index in [0.29, 0.717) is 6.54 Å². The van der Waals surface area contributed by atoms with Crippen LogP contribution >= 0.6 is 27.7 Å². The van der Waals surface area contributed by atoms with E-state index >= 15 is 0 Å². The molecule has 0 unspecified atom stereocenters. The molecule has 0 fully saturated rings. The Morgan fingerprint density at radius 1 is 1.09 bits per heavy atom. The molecule has 0 aliphatic carbocycles. The Labute approximate surface area is 143 Å². The number of halogens is 1. The fourth-order valence-corrected chi connectivity index (χ4v) is 3.71. The lowest BCUT2D eigenvalue weighted by molar-refractivity contribution is -0.129. The largest absolute Gasteiger partial charge is 0.310 e. The molecule has 112 valence electrons. The van der Waals surface area contributed by atoms with Crippen LogP contribution in [0.5, 0.6) is 0 Å². The van der Waals surface area contributed by atoms with Gasteiger partial charge in [-0.1, -0.05) is 58.4 Å². The van der Waals surface area contributed by atoms with Gasteiger partial charge in [0, 0.05) is 10.2 Å². The van der Waals surface area contributed by atoms with Crippen molar-refractivity contribution in [3.05, 3.63) is 81.3 Å². The third-order valence-corrected chi connectivity index (χ3v) is 5.40. The Morgan fingerprint density at radius 3 is 2.45 bits per heavy atom. The molecule has 0 saturated carbocycles. The van der Waals surface area contributed by atoms with E-state index in [1.807, 2.05) is 54.3 Å². The second kappa shape index (κ2) is 6.71. The molecule has 22 heavy (non-hydrogen) atoms. The molecule has 0 spiro atoms. The lowest BCUT2D eigenvalue weighted by Gasteiger charge is -2.31. The number of carbonyl (C=O) groups is 1. The highest BCUT2D eigenvalue weighted by atomic mass is 79.9. The first-order valence-corrected chi connectivity index (χ1v) is 8.82. The maximum atomic E-state index is 12.9. The highest BCUT2D eigenvalue weighted by Crippen LogP contribution is 2.38. The summed E-state index contributed by atoms with van der Waals surface area (Å²) in [6.07, 6.45) is 0. The summed E-state index contributed by atoms with van der Waals surface area (Å²) < 4.78 is 1.03. The Kier molecular flexibility index (Phi) is 4.69. The van der Waals surface area contributed by atoms with Gasteiger partial charge in [-0.3, -0.25) is 4.79 Å². The van der Waals surface area contributed by atoms with E-state index in [1.54, 1.807) is 11.8 Å². The number of nitrogens with zero attached hydrogens (tertiary/aromatic N) is 1. The highest BCUT2D eigenvalue weighted by molar-refractivity contribution is 9.10. The van der Waals surface area contributed by atoms with Gasteiger partial charge in [-0.15, -0.1) is 11.8 Å². The minimum absolute atomic E-state index is 0.149.